The van der Waals surface area contributed by atoms with Crippen LogP contribution in [0.4, 0.5) is 17.1 Å². The summed E-state index contributed by atoms with van der Waals surface area (Å²) >= 11 is 0. The molecule has 0 heterocycles. The summed E-state index contributed by atoms with van der Waals surface area (Å²) in [7, 11) is 0. The molecule has 52 heavy (non-hydrogen) atoms. The number of rotatable bonds is 5. The van der Waals surface area contributed by atoms with Gasteiger partial charge in [0.15, 0.2) is 0 Å². The Morgan fingerprint density at radius 2 is 0.846 bits per heavy atom. The molecule has 0 N–H and O–H groups in total. The average molecular weight is 664 g/mol. The minimum atomic E-state index is -0.180. The van der Waals surface area contributed by atoms with E-state index in [1.807, 2.05) is 0 Å². The average Bonchev–Trinajstić information content (AvgIpc) is 3.42. The Morgan fingerprint density at radius 3 is 1.63 bits per heavy atom. The van der Waals surface area contributed by atoms with Gasteiger partial charge in [0.05, 0.1) is 5.69 Å². The highest BCUT2D eigenvalue weighted by molar-refractivity contribution is 6.01. The van der Waals surface area contributed by atoms with E-state index in [1.54, 1.807) is 0 Å². The molecule has 246 valence electrons. The van der Waals surface area contributed by atoms with Crippen molar-refractivity contribution in [3.8, 4) is 33.4 Å². The smallest absolute Gasteiger partial charge is 0.0540 e. The fourth-order valence-electron chi connectivity index (χ4n) is 8.44. The van der Waals surface area contributed by atoms with Crippen molar-refractivity contribution in [1.82, 2.24) is 0 Å². The Morgan fingerprint density at radius 1 is 0.327 bits per heavy atom. The third-order valence-corrected chi connectivity index (χ3v) is 11.2. The lowest BCUT2D eigenvalue weighted by atomic mass is 9.81. The summed E-state index contributed by atoms with van der Waals surface area (Å²) in [5, 5.41) is 7.53. The van der Waals surface area contributed by atoms with Crippen molar-refractivity contribution in [2.24, 2.45) is 0 Å². The number of hydrogen-bond acceptors (Lipinski definition) is 1. The highest BCUT2D eigenvalue weighted by atomic mass is 15.1. The molecule has 0 spiro atoms. The van der Waals surface area contributed by atoms with Gasteiger partial charge < -0.3 is 4.90 Å². The number of nitrogens with zero attached hydrogens (tertiary/aromatic N) is 1. The van der Waals surface area contributed by atoms with Crippen molar-refractivity contribution in [1.29, 1.82) is 0 Å². The van der Waals surface area contributed by atoms with Gasteiger partial charge in [-0.05, 0) is 126 Å². The zero-order valence-electron chi connectivity index (χ0n) is 29.3. The van der Waals surface area contributed by atoms with Crippen LogP contribution in [0.5, 0.6) is 0 Å². The molecule has 0 radical (unpaired) electrons. The fourth-order valence-corrected chi connectivity index (χ4v) is 8.44. The normalized spacial score (nSPS) is 13.0. The second-order valence-electron chi connectivity index (χ2n) is 14.6. The molecule has 0 atom stereocenters. The molecule has 0 aromatic heterocycles. The van der Waals surface area contributed by atoms with Gasteiger partial charge >= 0.3 is 0 Å². The topological polar surface area (TPSA) is 3.24 Å². The van der Waals surface area contributed by atoms with E-state index in [0.717, 1.165) is 17.1 Å². The Hall–Kier alpha value is -6.44. The van der Waals surface area contributed by atoms with Gasteiger partial charge in [-0.25, -0.2) is 0 Å². The molecule has 1 aliphatic rings. The molecular formula is C51H37N. The molecule has 0 amide bonds. The molecule has 0 saturated heterocycles. The highest BCUT2D eigenvalue weighted by Crippen LogP contribution is 2.52. The molecule has 9 aromatic rings. The summed E-state index contributed by atoms with van der Waals surface area (Å²) < 4.78 is 0. The number of para-hydroxylation sites is 1. The van der Waals surface area contributed by atoms with Crippen LogP contribution in [0.25, 0.3) is 65.7 Å². The van der Waals surface area contributed by atoms with Gasteiger partial charge in [-0.15, -0.1) is 0 Å². The van der Waals surface area contributed by atoms with E-state index in [0.29, 0.717) is 0 Å². The van der Waals surface area contributed by atoms with Gasteiger partial charge in [-0.1, -0.05) is 147 Å². The third-order valence-electron chi connectivity index (χ3n) is 11.2. The first-order valence-corrected chi connectivity index (χ1v) is 18.2. The maximum atomic E-state index is 2.46. The molecule has 0 bridgehead atoms. The standard InChI is InChI=1S/C51H37N/c1-51(2)48-32-41(39-21-20-34-12-6-7-15-36(34)28-39)23-26-46(48)47-27-25-44(33-49(47)51)52(50-19-11-10-18-45(50)35-13-4-3-5-14-35)43-24-22-40-29-37-16-8-9-17-38(37)30-42(40)31-43/h3-33H,1-2H3. The van der Waals surface area contributed by atoms with Crippen LogP contribution in [0.3, 0.4) is 0 Å². The second-order valence-corrected chi connectivity index (χ2v) is 14.6. The van der Waals surface area contributed by atoms with E-state index in [9.17, 15) is 0 Å². The summed E-state index contributed by atoms with van der Waals surface area (Å²) in [5.41, 5.74) is 13.5. The number of fused-ring (bicyclic) bond motifs is 6. The van der Waals surface area contributed by atoms with Crippen molar-refractivity contribution in [3.63, 3.8) is 0 Å². The molecule has 9 aromatic carbocycles. The third kappa shape index (κ3) is 4.93. The highest BCUT2D eigenvalue weighted by Gasteiger charge is 2.36. The predicted molar refractivity (Wildman–Crippen MR) is 222 cm³/mol. The van der Waals surface area contributed by atoms with E-state index in [4.69, 9.17) is 0 Å². The lowest BCUT2D eigenvalue weighted by molar-refractivity contribution is 0.660. The molecule has 1 nitrogen and oxygen atoms in total. The molecule has 10 rings (SSSR count). The van der Waals surface area contributed by atoms with Gasteiger partial charge in [0.2, 0.25) is 0 Å². The number of benzene rings is 9. The predicted octanol–water partition coefficient (Wildman–Crippen LogP) is 14.3. The molecule has 1 heteroatoms. The zero-order chi connectivity index (χ0) is 34.8. The van der Waals surface area contributed by atoms with Crippen LogP contribution >= 0.6 is 0 Å². The van der Waals surface area contributed by atoms with Crippen LogP contribution < -0.4 is 4.90 Å². The van der Waals surface area contributed by atoms with Crippen molar-refractivity contribution in [2.45, 2.75) is 19.3 Å². The van der Waals surface area contributed by atoms with E-state index in [-0.39, 0.29) is 5.41 Å². The molecule has 0 aliphatic heterocycles. The molecule has 0 unspecified atom stereocenters. The van der Waals surface area contributed by atoms with Crippen LogP contribution in [0.15, 0.2) is 188 Å². The first-order valence-electron chi connectivity index (χ1n) is 18.2. The molecule has 0 saturated carbocycles. The lowest BCUT2D eigenvalue weighted by Crippen LogP contribution is -2.17. The number of hydrogen-bond donors (Lipinski definition) is 0. The maximum Gasteiger partial charge on any atom is 0.0540 e. The quantitative estimate of drug-likeness (QED) is 0.166. The van der Waals surface area contributed by atoms with Crippen molar-refractivity contribution in [3.05, 3.63) is 199 Å². The van der Waals surface area contributed by atoms with E-state index in [2.05, 4.69) is 207 Å². The minimum Gasteiger partial charge on any atom is -0.310 e. The van der Waals surface area contributed by atoms with Crippen LogP contribution in [-0.4, -0.2) is 0 Å². The second kappa shape index (κ2) is 11.8. The Labute approximate surface area is 305 Å². The van der Waals surface area contributed by atoms with Crippen LogP contribution in [0, 0.1) is 0 Å². The van der Waals surface area contributed by atoms with Gasteiger partial charge in [-0.3, -0.25) is 0 Å². The maximum absolute atomic E-state index is 2.46. The lowest BCUT2D eigenvalue weighted by Gasteiger charge is -2.30. The van der Waals surface area contributed by atoms with E-state index >= 15 is 0 Å². The first-order chi connectivity index (χ1) is 25.5. The summed E-state index contributed by atoms with van der Waals surface area (Å²) in [5.74, 6) is 0. The SMILES string of the molecule is CC1(C)c2cc(-c3ccc4ccccc4c3)ccc2-c2ccc(N(c3ccc4cc5ccccc5cc4c3)c3ccccc3-c3ccccc3)cc21. The number of anilines is 3. The summed E-state index contributed by atoms with van der Waals surface area (Å²) in [6, 6.07) is 69.3. The first kappa shape index (κ1) is 30.4. The Kier molecular flexibility index (Phi) is 6.91. The van der Waals surface area contributed by atoms with Gasteiger partial charge in [-0.2, -0.15) is 0 Å². The Balaban J connectivity index is 1.13. The largest absolute Gasteiger partial charge is 0.310 e. The van der Waals surface area contributed by atoms with Crippen LogP contribution in [-0.2, 0) is 5.41 Å². The van der Waals surface area contributed by atoms with Crippen molar-refractivity contribution < 1.29 is 0 Å². The fraction of sp³-hybridized carbons (Fsp3) is 0.0588. The molecule has 1 aliphatic carbocycles. The Bertz CT molecular complexity index is 2830. The van der Waals surface area contributed by atoms with Gasteiger partial charge in [0, 0.05) is 22.4 Å². The molecular weight excluding hydrogens is 627 g/mol. The monoisotopic (exact) mass is 663 g/mol. The summed E-state index contributed by atoms with van der Waals surface area (Å²) in [6.45, 7) is 4.77. The summed E-state index contributed by atoms with van der Waals surface area (Å²) in [6.07, 6.45) is 0. The summed E-state index contributed by atoms with van der Waals surface area (Å²) in [4.78, 5) is 2.46. The van der Waals surface area contributed by atoms with Crippen molar-refractivity contribution >= 4 is 49.4 Å². The van der Waals surface area contributed by atoms with Crippen LogP contribution in [0.1, 0.15) is 25.0 Å². The van der Waals surface area contributed by atoms with Crippen LogP contribution in [0.2, 0.25) is 0 Å². The van der Waals surface area contributed by atoms with E-state index in [1.165, 1.54) is 76.8 Å². The van der Waals surface area contributed by atoms with Gasteiger partial charge in [0.25, 0.3) is 0 Å². The van der Waals surface area contributed by atoms with E-state index < -0.39 is 0 Å². The van der Waals surface area contributed by atoms with Gasteiger partial charge in [0.1, 0.15) is 0 Å². The zero-order valence-corrected chi connectivity index (χ0v) is 29.3. The molecule has 0 fully saturated rings. The minimum absolute atomic E-state index is 0.180. The van der Waals surface area contributed by atoms with Crippen molar-refractivity contribution in [2.75, 3.05) is 4.90 Å².